The average Bonchev–Trinajstić information content (AvgIpc) is 2.94. The molecule has 0 unspecified atom stereocenters. The highest BCUT2D eigenvalue weighted by molar-refractivity contribution is 5.88. The molecule has 0 saturated heterocycles. The van der Waals surface area contributed by atoms with Crippen molar-refractivity contribution in [3.8, 4) is 5.75 Å². The number of benzene rings is 1. The molecular weight excluding hydrogens is 272 g/mol. The summed E-state index contributed by atoms with van der Waals surface area (Å²) in [6.07, 6.45) is 12.1. The molecule has 1 aromatic carbocycles. The SMILES string of the molecule is CCCCCCCCCOc1cccc2c(CCN)c[nH]c12. The molecule has 0 bridgehead atoms. The molecule has 2 rings (SSSR count). The van der Waals surface area contributed by atoms with Crippen molar-refractivity contribution in [2.24, 2.45) is 5.73 Å². The predicted octanol–water partition coefficient (Wildman–Crippen LogP) is 4.80. The molecule has 0 amide bonds. The van der Waals surface area contributed by atoms with Gasteiger partial charge < -0.3 is 15.5 Å². The summed E-state index contributed by atoms with van der Waals surface area (Å²) in [5.41, 5.74) is 8.04. The van der Waals surface area contributed by atoms with E-state index >= 15 is 0 Å². The Morgan fingerprint density at radius 2 is 1.82 bits per heavy atom. The summed E-state index contributed by atoms with van der Waals surface area (Å²) in [5.74, 6) is 0.965. The molecule has 0 aliphatic heterocycles. The van der Waals surface area contributed by atoms with Gasteiger partial charge in [-0.3, -0.25) is 0 Å². The van der Waals surface area contributed by atoms with Gasteiger partial charge in [0, 0.05) is 11.6 Å². The van der Waals surface area contributed by atoms with E-state index in [4.69, 9.17) is 10.5 Å². The Balaban J connectivity index is 1.77. The van der Waals surface area contributed by atoms with Crippen molar-refractivity contribution in [2.45, 2.75) is 58.3 Å². The number of H-pyrrole nitrogens is 1. The smallest absolute Gasteiger partial charge is 0.143 e. The molecule has 0 spiro atoms. The summed E-state index contributed by atoms with van der Waals surface area (Å²) in [4.78, 5) is 3.34. The van der Waals surface area contributed by atoms with Gasteiger partial charge in [0.15, 0.2) is 0 Å². The molecule has 1 aromatic heterocycles. The number of hydrogen-bond acceptors (Lipinski definition) is 2. The highest BCUT2D eigenvalue weighted by atomic mass is 16.5. The monoisotopic (exact) mass is 302 g/mol. The molecule has 0 radical (unpaired) electrons. The maximum Gasteiger partial charge on any atom is 0.143 e. The molecule has 3 nitrogen and oxygen atoms in total. The largest absolute Gasteiger partial charge is 0.491 e. The first-order valence-corrected chi connectivity index (χ1v) is 8.78. The minimum atomic E-state index is 0.677. The number of para-hydroxylation sites is 1. The lowest BCUT2D eigenvalue weighted by atomic mass is 10.1. The van der Waals surface area contributed by atoms with Crippen LogP contribution in [-0.2, 0) is 6.42 Å². The number of hydrogen-bond donors (Lipinski definition) is 2. The van der Waals surface area contributed by atoms with Crippen LogP contribution in [0.2, 0.25) is 0 Å². The molecule has 0 fully saturated rings. The second-order valence-corrected chi connectivity index (χ2v) is 6.00. The van der Waals surface area contributed by atoms with Crippen LogP contribution in [0.25, 0.3) is 10.9 Å². The first-order valence-electron chi connectivity index (χ1n) is 8.78. The average molecular weight is 302 g/mol. The first-order chi connectivity index (χ1) is 10.9. The van der Waals surface area contributed by atoms with Gasteiger partial charge in [0.2, 0.25) is 0 Å². The van der Waals surface area contributed by atoms with Gasteiger partial charge in [0.05, 0.1) is 12.1 Å². The number of aromatic nitrogens is 1. The Hall–Kier alpha value is -1.48. The van der Waals surface area contributed by atoms with Gasteiger partial charge in [-0.25, -0.2) is 0 Å². The quantitative estimate of drug-likeness (QED) is 0.586. The van der Waals surface area contributed by atoms with Crippen LogP contribution in [0.4, 0.5) is 0 Å². The minimum absolute atomic E-state index is 0.677. The Labute approximate surface area is 134 Å². The Morgan fingerprint density at radius 1 is 1.05 bits per heavy atom. The van der Waals surface area contributed by atoms with E-state index in [2.05, 4.69) is 30.2 Å². The molecule has 0 atom stereocenters. The molecule has 122 valence electrons. The fraction of sp³-hybridized carbons (Fsp3) is 0.579. The number of ether oxygens (including phenoxy) is 1. The molecule has 1 heterocycles. The van der Waals surface area contributed by atoms with Crippen LogP contribution in [0.1, 0.15) is 57.4 Å². The predicted molar refractivity (Wildman–Crippen MR) is 94.5 cm³/mol. The van der Waals surface area contributed by atoms with Crippen molar-refractivity contribution in [3.63, 3.8) is 0 Å². The van der Waals surface area contributed by atoms with Crippen molar-refractivity contribution in [2.75, 3.05) is 13.2 Å². The zero-order valence-electron chi connectivity index (χ0n) is 13.9. The molecule has 0 aliphatic rings. The summed E-state index contributed by atoms with van der Waals surface area (Å²) in [6, 6.07) is 6.25. The summed E-state index contributed by atoms with van der Waals surface area (Å²) >= 11 is 0. The van der Waals surface area contributed by atoms with Gasteiger partial charge in [-0.05, 0) is 31.0 Å². The molecule has 2 aromatic rings. The van der Waals surface area contributed by atoms with E-state index in [1.807, 2.05) is 6.07 Å². The summed E-state index contributed by atoms with van der Waals surface area (Å²) in [5, 5.41) is 1.24. The highest BCUT2D eigenvalue weighted by Gasteiger charge is 2.07. The van der Waals surface area contributed by atoms with Crippen molar-refractivity contribution in [1.82, 2.24) is 4.98 Å². The van der Waals surface area contributed by atoms with Crippen molar-refractivity contribution < 1.29 is 4.74 Å². The first kappa shape index (κ1) is 16.9. The van der Waals surface area contributed by atoms with Crippen LogP contribution < -0.4 is 10.5 Å². The van der Waals surface area contributed by atoms with E-state index < -0.39 is 0 Å². The number of aromatic amines is 1. The number of fused-ring (bicyclic) bond motifs is 1. The van der Waals surface area contributed by atoms with E-state index in [0.717, 1.165) is 30.7 Å². The zero-order valence-corrected chi connectivity index (χ0v) is 13.9. The van der Waals surface area contributed by atoms with Crippen LogP contribution in [-0.4, -0.2) is 18.1 Å². The summed E-state index contributed by atoms with van der Waals surface area (Å²) in [6.45, 7) is 3.74. The van der Waals surface area contributed by atoms with Gasteiger partial charge in [0.1, 0.15) is 5.75 Å². The molecule has 0 aliphatic carbocycles. The molecule has 0 saturated carbocycles. The van der Waals surface area contributed by atoms with Crippen molar-refractivity contribution in [1.29, 1.82) is 0 Å². The van der Waals surface area contributed by atoms with E-state index in [1.54, 1.807) is 0 Å². The van der Waals surface area contributed by atoms with Crippen LogP contribution in [0, 0.1) is 0 Å². The zero-order chi connectivity index (χ0) is 15.6. The third-order valence-electron chi connectivity index (χ3n) is 4.18. The van der Waals surface area contributed by atoms with Gasteiger partial charge in [-0.15, -0.1) is 0 Å². The summed E-state index contributed by atoms with van der Waals surface area (Å²) in [7, 11) is 0. The number of nitrogens with one attached hydrogen (secondary N) is 1. The van der Waals surface area contributed by atoms with Crippen LogP contribution in [0.15, 0.2) is 24.4 Å². The second-order valence-electron chi connectivity index (χ2n) is 6.00. The van der Waals surface area contributed by atoms with Crippen LogP contribution in [0.3, 0.4) is 0 Å². The lowest BCUT2D eigenvalue weighted by molar-refractivity contribution is 0.307. The van der Waals surface area contributed by atoms with E-state index in [0.29, 0.717) is 6.54 Å². The fourth-order valence-corrected chi connectivity index (χ4v) is 2.91. The number of nitrogens with two attached hydrogens (primary N) is 1. The van der Waals surface area contributed by atoms with Gasteiger partial charge in [0.25, 0.3) is 0 Å². The van der Waals surface area contributed by atoms with Gasteiger partial charge in [-0.1, -0.05) is 57.6 Å². The Kier molecular flexibility index (Phi) is 7.31. The van der Waals surface area contributed by atoms with Crippen LogP contribution in [0.5, 0.6) is 5.75 Å². The van der Waals surface area contributed by atoms with E-state index in [9.17, 15) is 0 Å². The minimum Gasteiger partial charge on any atom is -0.491 e. The maximum atomic E-state index is 5.98. The molecule has 3 heteroatoms. The third-order valence-corrected chi connectivity index (χ3v) is 4.18. The third kappa shape index (κ3) is 4.77. The highest BCUT2D eigenvalue weighted by Crippen LogP contribution is 2.27. The van der Waals surface area contributed by atoms with Crippen molar-refractivity contribution >= 4 is 10.9 Å². The number of rotatable bonds is 11. The van der Waals surface area contributed by atoms with E-state index in [1.165, 1.54) is 49.5 Å². The lowest BCUT2D eigenvalue weighted by Gasteiger charge is -2.07. The lowest BCUT2D eigenvalue weighted by Crippen LogP contribution is -2.01. The normalized spacial score (nSPS) is 11.2. The molecular formula is C19H30N2O. The Bertz CT molecular complexity index is 547. The molecule has 22 heavy (non-hydrogen) atoms. The second kappa shape index (κ2) is 9.52. The molecule has 3 N–H and O–H groups in total. The van der Waals surface area contributed by atoms with Gasteiger partial charge in [-0.2, -0.15) is 0 Å². The topological polar surface area (TPSA) is 51.0 Å². The fourth-order valence-electron chi connectivity index (χ4n) is 2.91. The van der Waals surface area contributed by atoms with Crippen molar-refractivity contribution in [3.05, 3.63) is 30.0 Å². The van der Waals surface area contributed by atoms with E-state index in [-0.39, 0.29) is 0 Å². The Morgan fingerprint density at radius 3 is 2.59 bits per heavy atom. The van der Waals surface area contributed by atoms with Crippen LogP contribution >= 0.6 is 0 Å². The standard InChI is InChI=1S/C19H30N2O/c1-2-3-4-5-6-7-8-14-22-18-11-9-10-17-16(12-13-20)15-21-19(17)18/h9-11,15,21H,2-8,12-14,20H2,1H3. The van der Waals surface area contributed by atoms with Gasteiger partial charge >= 0.3 is 0 Å². The maximum absolute atomic E-state index is 5.98. The number of unbranched alkanes of at least 4 members (excludes halogenated alkanes) is 6. The summed E-state index contributed by atoms with van der Waals surface area (Å²) < 4.78 is 5.98.